The highest BCUT2D eigenvalue weighted by Crippen LogP contribution is 2.36. The maximum Gasteiger partial charge on any atom is 0.253 e. The molecule has 7 heteroatoms. The van der Waals surface area contributed by atoms with Crippen LogP contribution in [0.15, 0.2) is 54.6 Å². The average Bonchev–Trinajstić information content (AvgIpc) is 2.83. The van der Waals surface area contributed by atoms with Crippen molar-refractivity contribution in [2.75, 3.05) is 52.9 Å². The number of piperazine rings is 1. The SMILES string of the molecule is CN1CCN(C(=O)C[C@@]2(COc3ccccc3)CCCN(C(=O)c3cccc(Cl)c3)C2)CC1. The smallest absolute Gasteiger partial charge is 0.253 e. The maximum atomic E-state index is 13.3. The van der Waals surface area contributed by atoms with Crippen molar-refractivity contribution in [3.8, 4) is 5.75 Å². The number of carbonyl (C=O) groups excluding carboxylic acids is 2. The average molecular weight is 470 g/mol. The van der Waals surface area contributed by atoms with Gasteiger partial charge in [0.2, 0.25) is 5.91 Å². The van der Waals surface area contributed by atoms with Crippen LogP contribution >= 0.6 is 11.6 Å². The number of halogens is 1. The number of benzene rings is 2. The second-order valence-electron chi connectivity index (χ2n) is 9.30. The normalized spacial score (nSPS) is 21.6. The van der Waals surface area contributed by atoms with Crippen molar-refractivity contribution in [2.24, 2.45) is 5.41 Å². The lowest BCUT2D eigenvalue weighted by Crippen LogP contribution is -2.53. The van der Waals surface area contributed by atoms with E-state index in [4.69, 9.17) is 16.3 Å². The van der Waals surface area contributed by atoms with E-state index in [9.17, 15) is 9.59 Å². The van der Waals surface area contributed by atoms with E-state index in [1.165, 1.54) is 0 Å². The first-order chi connectivity index (χ1) is 15.9. The first-order valence-electron chi connectivity index (χ1n) is 11.6. The highest BCUT2D eigenvalue weighted by molar-refractivity contribution is 6.30. The third-order valence-electron chi connectivity index (χ3n) is 6.69. The molecule has 6 nitrogen and oxygen atoms in total. The summed E-state index contributed by atoms with van der Waals surface area (Å²) < 4.78 is 6.17. The number of likely N-dealkylation sites (tertiary alicyclic amines) is 1. The highest BCUT2D eigenvalue weighted by Gasteiger charge is 2.41. The van der Waals surface area contributed by atoms with Crippen LogP contribution in [-0.2, 0) is 4.79 Å². The molecule has 0 spiro atoms. The van der Waals surface area contributed by atoms with Crippen LogP contribution < -0.4 is 4.74 Å². The number of amides is 2. The van der Waals surface area contributed by atoms with Crippen LogP contribution in [0.4, 0.5) is 0 Å². The molecule has 2 heterocycles. The molecule has 4 rings (SSSR count). The number of likely N-dealkylation sites (N-methyl/N-ethyl adjacent to an activating group) is 1. The Morgan fingerprint density at radius 3 is 2.45 bits per heavy atom. The Bertz CT molecular complexity index is 962. The van der Waals surface area contributed by atoms with Crippen molar-refractivity contribution in [2.45, 2.75) is 19.3 Å². The molecule has 2 amide bonds. The van der Waals surface area contributed by atoms with E-state index in [2.05, 4.69) is 11.9 Å². The lowest BCUT2D eigenvalue weighted by molar-refractivity contribution is -0.137. The fraction of sp³-hybridized carbons (Fsp3) is 0.462. The summed E-state index contributed by atoms with van der Waals surface area (Å²) in [7, 11) is 2.08. The second-order valence-corrected chi connectivity index (χ2v) is 9.74. The Labute approximate surface area is 201 Å². The minimum absolute atomic E-state index is 0.0478. The van der Waals surface area contributed by atoms with Crippen molar-refractivity contribution in [3.05, 3.63) is 65.2 Å². The van der Waals surface area contributed by atoms with Crippen LogP contribution in [0.5, 0.6) is 5.75 Å². The quantitative estimate of drug-likeness (QED) is 0.645. The van der Waals surface area contributed by atoms with Gasteiger partial charge in [-0.1, -0.05) is 35.9 Å². The van der Waals surface area contributed by atoms with E-state index < -0.39 is 5.41 Å². The number of rotatable bonds is 6. The molecular formula is C26H32ClN3O3. The zero-order valence-corrected chi connectivity index (χ0v) is 20.0. The van der Waals surface area contributed by atoms with Gasteiger partial charge in [0.25, 0.3) is 5.91 Å². The van der Waals surface area contributed by atoms with Gasteiger partial charge in [-0.05, 0) is 50.2 Å². The van der Waals surface area contributed by atoms with Gasteiger partial charge in [-0.25, -0.2) is 0 Å². The van der Waals surface area contributed by atoms with E-state index >= 15 is 0 Å². The number of piperidine rings is 1. The highest BCUT2D eigenvalue weighted by atomic mass is 35.5. The van der Waals surface area contributed by atoms with Crippen molar-refractivity contribution in [1.82, 2.24) is 14.7 Å². The van der Waals surface area contributed by atoms with Gasteiger partial charge in [0.05, 0.1) is 6.61 Å². The molecule has 176 valence electrons. The molecule has 1 atom stereocenters. The molecule has 0 saturated carbocycles. The topological polar surface area (TPSA) is 53.1 Å². The van der Waals surface area contributed by atoms with Crippen molar-refractivity contribution in [1.29, 1.82) is 0 Å². The summed E-state index contributed by atoms with van der Waals surface area (Å²) >= 11 is 6.12. The Morgan fingerprint density at radius 1 is 0.970 bits per heavy atom. The summed E-state index contributed by atoms with van der Waals surface area (Å²) in [6, 6.07) is 16.7. The number of nitrogens with zero attached hydrogens (tertiary/aromatic N) is 3. The fourth-order valence-electron chi connectivity index (χ4n) is 4.74. The Hall–Kier alpha value is -2.57. The van der Waals surface area contributed by atoms with Gasteiger partial charge in [-0.3, -0.25) is 9.59 Å². The summed E-state index contributed by atoms with van der Waals surface area (Å²) in [6.45, 7) is 4.82. The zero-order chi connectivity index (χ0) is 23.3. The molecule has 2 fully saturated rings. The molecule has 0 bridgehead atoms. The Balaban J connectivity index is 1.52. The summed E-state index contributed by atoms with van der Waals surface area (Å²) in [4.78, 5) is 32.6. The minimum atomic E-state index is -0.428. The predicted octanol–water partition coefficient (Wildman–Crippen LogP) is 3.81. The number of ether oxygens (including phenoxy) is 1. The zero-order valence-electron chi connectivity index (χ0n) is 19.2. The molecule has 2 aliphatic heterocycles. The van der Waals surface area contributed by atoms with Crippen LogP contribution in [0.3, 0.4) is 0 Å². The molecule has 2 aliphatic rings. The minimum Gasteiger partial charge on any atom is -0.493 e. The van der Waals surface area contributed by atoms with Crippen molar-refractivity contribution >= 4 is 23.4 Å². The van der Waals surface area contributed by atoms with E-state index in [0.717, 1.165) is 44.8 Å². The molecule has 2 aromatic rings. The van der Waals surface area contributed by atoms with Crippen LogP contribution in [-0.4, -0.2) is 79.4 Å². The van der Waals surface area contributed by atoms with Gasteiger partial charge in [-0.15, -0.1) is 0 Å². The van der Waals surface area contributed by atoms with Crippen molar-refractivity contribution in [3.63, 3.8) is 0 Å². The van der Waals surface area contributed by atoms with Crippen LogP contribution in [0.2, 0.25) is 5.02 Å². The molecular weight excluding hydrogens is 438 g/mol. The predicted molar refractivity (Wildman–Crippen MR) is 130 cm³/mol. The lowest BCUT2D eigenvalue weighted by atomic mass is 9.77. The van der Waals surface area contributed by atoms with Gasteiger partial charge in [0, 0.05) is 61.7 Å². The number of hydrogen-bond donors (Lipinski definition) is 0. The Morgan fingerprint density at radius 2 is 1.73 bits per heavy atom. The van der Waals surface area contributed by atoms with Crippen molar-refractivity contribution < 1.29 is 14.3 Å². The first-order valence-corrected chi connectivity index (χ1v) is 12.0. The summed E-state index contributed by atoms with van der Waals surface area (Å²) in [5, 5.41) is 0.543. The molecule has 0 radical (unpaired) electrons. The van der Waals surface area contributed by atoms with Crippen LogP contribution in [0.25, 0.3) is 0 Å². The number of hydrogen-bond acceptors (Lipinski definition) is 4. The molecule has 0 N–H and O–H groups in total. The standard InChI is InChI=1S/C26H32ClN3O3/c1-28-13-15-29(16-14-28)24(31)18-26(20-33-23-9-3-2-4-10-23)11-6-12-30(19-26)25(32)21-7-5-8-22(27)17-21/h2-5,7-10,17H,6,11-16,18-20H2,1H3/t26-/m0/s1. The monoisotopic (exact) mass is 469 g/mol. The largest absolute Gasteiger partial charge is 0.493 e. The molecule has 0 unspecified atom stereocenters. The van der Waals surface area contributed by atoms with Gasteiger partial charge in [0.15, 0.2) is 0 Å². The van der Waals surface area contributed by atoms with Crippen LogP contribution in [0, 0.1) is 5.41 Å². The maximum absolute atomic E-state index is 13.3. The van der Waals surface area contributed by atoms with Gasteiger partial charge >= 0.3 is 0 Å². The summed E-state index contributed by atoms with van der Waals surface area (Å²) in [6.07, 6.45) is 2.06. The third-order valence-corrected chi connectivity index (χ3v) is 6.93. The molecule has 0 aromatic heterocycles. The van der Waals surface area contributed by atoms with E-state index in [1.54, 1.807) is 24.3 Å². The van der Waals surface area contributed by atoms with Gasteiger partial charge in [0.1, 0.15) is 5.75 Å². The summed E-state index contributed by atoms with van der Waals surface area (Å²) in [5.74, 6) is 0.882. The van der Waals surface area contributed by atoms with E-state index in [-0.39, 0.29) is 11.8 Å². The van der Waals surface area contributed by atoms with Gasteiger partial charge in [-0.2, -0.15) is 0 Å². The molecule has 2 aromatic carbocycles. The molecule has 0 aliphatic carbocycles. The third kappa shape index (κ3) is 6.06. The molecule has 33 heavy (non-hydrogen) atoms. The lowest BCUT2D eigenvalue weighted by Gasteiger charge is -2.43. The Kier molecular flexibility index (Phi) is 7.56. The molecule has 2 saturated heterocycles. The number of carbonyl (C=O) groups is 2. The van der Waals surface area contributed by atoms with E-state index in [0.29, 0.717) is 36.7 Å². The second kappa shape index (κ2) is 10.6. The van der Waals surface area contributed by atoms with E-state index in [1.807, 2.05) is 40.1 Å². The fourth-order valence-corrected chi connectivity index (χ4v) is 4.93. The number of para-hydroxylation sites is 1. The summed E-state index contributed by atoms with van der Waals surface area (Å²) in [5.41, 5.74) is 0.149. The van der Waals surface area contributed by atoms with Crippen LogP contribution in [0.1, 0.15) is 29.6 Å². The first kappa shape index (κ1) is 23.6. The van der Waals surface area contributed by atoms with Gasteiger partial charge < -0.3 is 19.4 Å².